The van der Waals surface area contributed by atoms with Crippen LogP contribution in [-0.4, -0.2) is 31.3 Å². The molecule has 176 valence electrons. The average molecular weight is 472 g/mol. The number of ether oxygens (including phenoxy) is 1. The molecule has 5 aromatic rings. The predicted molar refractivity (Wildman–Crippen MR) is 129 cm³/mol. The highest BCUT2D eigenvalue weighted by Crippen LogP contribution is 2.37. The van der Waals surface area contributed by atoms with Gasteiger partial charge >= 0.3 is 5.56 Å². The van der Waals surface area contributed by atoms with Crippen LogP contribution < -0.4 is 10.1 Å². The van der Waals surface area contributed by atoms with E-state index in [1.165, 1.54) is 6.07 Å². The summed E-state index contributed by atoms with van der Waals surface area (Å²) in [5, 5.41) is 5.11. The van der Waals surface area contributed by atoms with Gasteiger partial charge in [0.2, 0.25) is 0 Å². The summed E-state index contributed by atoms with van der Waals surface area (Å²) in [7, 11) is 0. The van der Waals surface area contributed by atoms with Crippen molar-refractivity contribution in [2.45, 2.75) is 39.3 Å². The number of nitrogens with one attached hydrogen (secondary N) is 1. The Labute approximate surface area is 200 Å². The third-order valence-corrected chi connectivity index (χ3v) is 6.61. The second kappa shape index (κ2) is 8.35. The van der Waals surface area contributed by atoms with Crippen molar-refractivity contribution in [1.82, 2.24) is 24.7 Å². The van der Waals surface area contributed by atoms with Crippen molar-refractivity contribution in [1.29, 1.82) is 0 Å². The predicted octanol–water partition coefficient (Wildman–Crippen LogP) is 4.07. The van der Waals surface area contributed by atoms with Gasteiger partial charge in [-0.25, -0.2) is 19.0 Å². The Morgan fingerprint density at radius 2 is 1.91 bits per heavy atom. The first-order chi connectivity index (χ1) is 17.0. The number of halogens is 1. The molecule has 1 unspecified atom stereocenters. The summed E-state index contributed by atoms with van der Waals surface area (Å²) in [4.78, 5) is 25.7. The van der Waals surface area contributed by atoms with Crippen LogP contribution in [-0.2, 0) is 4.74 Å². The number of benzene rings is 1. The number of H-pyrrole nitrogens is 1. The number of rotatable bonds is 3. The number of pyridine rings is 2. The van der Waals surface area contributed by atoms with Gasteiger partial charge in [0.15, 0.2) is 24.3 Å². The Bertz CT molecular complexity index is 1640. The number of nitrogens with zero attached hydrogens (tertiary/aromatic N) is 5. The van der Waals surface area contributed by atoms with Crippen molar-refractivity contribution in [2.24, 2.45) is 0 Å². The molecule has 5 heterocycles. The van der Waals surface area contributed by atoms with Crippen LogP contribution in [0.1, 0.15) is 36.9 Å². The molecule has 35 heavy (non-hydrogen) atoms. The molecule has 1 aliphatic heterocycles. The minimum Gasteiger partial charge on any atom is -0.356 e. The third kappa shape index (κ3) is 3.50. The number of hydrogen-bond donors (Lipinski definition) is 1. The largest absolute Gasteiger partial charge is 0.356 e. The molecule has 1 aromatic carbocycles. The highest BCUT2D eigenvalue weighted by Gasteiger charge is 2.28. The summed E-state index contributed by atoms with van der Waals surface area (Å²) < 4.78 is 24.5. The zero-order valence-electron chi connectivity index (χ0n) is 19.5. The monoisotopic (exact) mass is 471 g/mol. The molecular weight excluding hydrogens is 447 g/mol. The van der Waals surface area contributed by atoms with E-state index in [9.17, 15) is 4.79 Å². The van der Waals surface area contributed by atoms with Crippen LogP contribution in [0.3, 0.4) is 0 Å². The number of aromatic nitrogens is 6. The van der Waals surface area contributed by atoms with Crippen molar-refractivity contribution in [3.8, 4) is 16.8 Å². The average Bonchev–Trinajstić information content (AvgIpc) is 3.32. The molecule has 1 saturated heterocycles. The molecule has 4 aromatic heterocycles. The van der Waals surface area contributed by atoms with Gasteiger partial charge in [-0.15, -0.1) is 0 Å². The SMILES string of the molecule is Cc1nc2[nH]c(=O)c(-[n+]3ccccc3)c(-c3ccc(F)c4c3cnn4C3CCCCO3)c2nc1C. The van der Waals surface area contributed by atoms with E-state index in [0.717, 1.165) is 30.7 Å². The second-order valence-electron chi connectivity index (χ2n) is 8.82. The first-order valence-corrected chi connectivity index (χ1v) is 11.7. The van der Waals surface area contributed by atoms with Gasteiger partial charge in [-0.3, -0.25) is 9.78 Å². The van der Waals surface area contributed by atoms with Crippen molar-refractivity contribution < 1.29 is 13.7 Å². The molecule has 1 N–H and O–H groups in total. The molecule has 1 atom stereocenters. The number of hydrogen-bond acceptors (Lipinski definition) is 5. The summed E-state index contributed by atoms with van der Waals surface area (Å²) in [5.74, 6) is -0.392. The summed E-state index contributed by atoms with van der Waals surface area (Å²) in [6.07, 6.45) is 7.67. The second-order valence-corrected chi connectivity index (χ2v) is 8.82. The van der Waals surface area contributed by atoms with Crippen molar-refractivity contribution in [2.75, 3.05) is 6.61 Å². The van der Waals surface area contributed by atoms with E-state index in [-0.39, 0.29) is 11.8 Å². The summed E-state index contributed by atoms with van der Waals surface area (Å²) in [5.41, 5.74) is 4.04. The van der Waals surface area contributed by atoms with E-state index in [4.69, 9.17) is 9.72 Å². The van der Waals surface area contributed by atoms with Crippen LogP contribution >= 0.6 is 0 Å². The maximum absolute atomic E-state index is 15.2. The first-order valence-electron chi connectivity index (χ1n) is 11.7. The van der Waals surface area contributed by atoms with Gasteiger partial charge in [0.05, 0.1) is 23.1 Å². The minimum absolute atomic E-state index is 0.318. The van der Waals surface area contributed by atoms with E-state index in [0.29, 0.717) is 45.5 Å². The molecular formula is C26H24FN6O2+. The molecule has 8 nitrogen and oxygen atoms in total. The molecule has 0 bridgehead atoms. The highest BCUT2D eigenvalue weighted by atomic mass is 19.1. The first kappa shape index (κ1) is 21.5. The smallest absolute Gasteiger partial charge is 0.322 e. The van der Waals surface area contributed by atoms with Crippen molar-refractivity contribution in [3.05, 3.63) is 76.5 Å². The van der Waals surface area contributed by atoms with Gasteiger partial charge in [0, 0.05) is 29.7 Å². The van der Waals surface area contributed by atoms with Crippen LogP contribution in [0, 0.1) is 19.7 Å². The molecule has 9 heteroatoms. The van der Waals surface area contributed by atoms with E-state index >= 15 is 4.39 Å². The molecule has 1 aliphatic rings. The molecule has 6 rings (SSSR count). The number of aryl methyl sites for hydroxylation is 2. The van der Waals surface area contributed by atoms with E-state index in [2.05, 4.69) is 15.1 Å². The quantitative estimate of drug-likeness (QED) is 0.401. The summed E-state index contributed by atoms with van der Waals surface area (Å²) >= 11 is 0. The van der Waals surface area contributed by atoms with Crippen LogP contribution in [0.25, 0.3) is 38.9 Å². The van der Waals surface area contributed by atoms with E-state index in [1.807, 2.05) is 32.0 Å². The van der Waals surface area contributed by atoms with Gasteiger partial charge in [0.25, 0.3) is 5.69 Å². The number of aromatic amines is 1. The lowest BCUT2D eigenvalue weighted by molar-refractivity contribution is -0.596. The van der Waals surface area contributed by atoms with Crippen molar-refractivity contribution >= 4 is 22.1 Å². The Morgan fingerprint density at radius 1 is 1.11 bits per heavy atom. The lowest BCUT2D eigenvalue weighted by atomic mass is 9.99. The Morgan fingerprint density at radius 3 is 2.69 bits per heavy atom. The normalized spacial score (nSPS) is 16.3. The Hall–Kier alpha value is -3.98. The van der Waals surface area contributed by atoms with E-state index in [1.54, 1.807) is 33.9 Å². The topological polar surface area (TPSA) is 89.6 Å². The van der Waals surface area contributed by atoms with Crippen LogP contribution in [0.15, 0.2) is 53.7 Å². The van der Waals surface area contributed by atoms with Crippen molar-refractivity contribution in [3.63, 3.8) is 0 Å². The van der Waals surface area contributed by atoms with E-state index < -0.39 is 5.82 Å². The van der Waals surface area contributed by atoms with Gasteiger partial charge in [-0.2, -0.15) is 9.67 Å². The maximum Gasteiger partial charge on any atom is 0.322 e. The minimum atomic E-state index is -0.392. The Kier molecular flexibility index (Phi) is 5.14. The lowest BCUT2D eigenvalue weighted by Crippen LogP contribution is -2.37. The zero-order chi connectivity index (χ0) is 24.1. The molecule has 1 fully saturated rings. The fraction of sp³-hybridized carbons (Fsp3) is 0.269. The van der Waals surface area contributed by atoms with Crippen LogP contribution in [0.2, 0.25) is 0 Å². The fourth-order valence-electron chi connectivity index (χ4n) is 4.78. The standard InChI is InChI=1S/C26H23FN6O2/c1-15-16(2)30-25-22(29-15)21(24(26(34)31-25)32-11-5-3-6-12-32)17-9-10-19(27)23-18(17)14-28-33(23)20-8-4-7-13-35-20/h3,5-6,9-12,14,20H,4,7-8,13H2,1-2H3/p+1. The fourth-order valence-corrected chi connectivity index (χ4v) is 4.78. The number of fused-ring (bicyclic) bond motifs is 2. The van der Waals surface area contributed by atoms with Crippen LogP contribution in [0.4, 0.5) is 4.39 Å². The Balaban J connectivity index is 1.72. The van der Waals surface area contributed by atoms with Gasteiger partial charge < -0.3 is 4.74 Å². The third-order valence-electron chi connectivity index (χ3n) is 6.61. The highest BCUT2D eigenvalue weighted by molar-refractivity contribution is 6.04. The van der Waals surface area contributed by atoms with Gasteiger partial charge in [0.1, 0.15) is 16.9 Å². The summed E-state index contributed by atoms with van der Waals surface area (Å²) in [6.45, 7) is 4.35. The van der Waals surface area contributed by atoms with Gasteiger partial charge in [-0.1, -0.05) is 12.1 Å². The maximum atomic E-state index is 15.2. The summed E-state index contributed by atoms with van der Waals surface area (Å²) in [6, 6.07) is 8.67. The zero-order valence-corrected chi connectivity index (χ0v) is 19.5. The van der Waals surface area contributed by atoms with Gasteiger partial charge in [-0.05, 0) is 39.2 Å². The lowest BCUT2D eigenvalue weighted by Gasteiger charge is -2.23. The molecule has 0 aliphatic carbocycles. The molecule has 0 saturated carbocycles. The molecule has 0 spiro atoms. The van der Waals surface area contributed by atoms with Crippen LogP contribution in [0.5, 0.6) is 0 Å². The molecule has 0 radical (unpaired) electrons. The molecule has 0 amide bonds.